The maximum Gasteiger partial charge on any atom is 0.407 e. The molecule has 0 aliphatic heterocycles. The monoisotopic (exact) mass is 335 g/mol. The lowest BCUT2D eigenvalue weighted by Gasteiger charge is -2.23. The Bertz CT molecular complexity index is 522. The number of benzene rings is 1. The maximum absolute atomic E-state index is 12.3. The number of hydrogen-bond donors (Lipinski definition) is 3. The first-order valence-electron chi connectivity index (χ1n) is 7.84. The first kappa shape index (κ1) is 19.7. The molecule has 1 atom stereocenters. The van der Waals surface area contributed by atoms with Crippen molar-refractivity contribution in [2.24, 2.45) is 5.73 Å². The number of nitrogens with two attached hydrogens (primary N) is 1. The van der Waals surface area contributed by atoms with Gasteiger partial charge in [0.05, 0.1) is 6.04 Å². The van der Waals surface area contributed by atoms with Gasteiger partial charge in [0.15, 0.2) is 0 Å². The number of para-hydroxylation sites is 1. The van der Waals surface area contributed by atoms with E-state index in [-0.39, 0.29) is 12.5 Å². The third-order valence-electron chi connectivity index (χ3n) is 3.34. The Morgan fingerprint density at radius 3 is 2.67 bits per heavy atom. The minimum absolute atomic E-state index is 0.168. The zero-order chi connectivity index (χ0) is 17.8. The average molecular weight is 335 g/mol. The van der Waals surface area contributed by atoms with Gasteiger partial charge >= 0.3 is 6.09 Å². The van der Waals surface area contributed by atoms with Crippen molar-refractivity contribution in [3.63, 3.8) is 0 Å². The van der Waals surface area contributed by atoms with Crippen molar-refractivity contribution in [3.05, 3.63) is 43.0 Å². The molecule has 7 nitrogen and oxygen atoms in total. The minimum atomic E-state index is -0.704. The summed E-state index contributed by atoms with van der Waals surface area (Å²) >= 11 is 0. The summed E-state index contributed by atoms with van der Waals surface area (Å²) in [6, 6.07) is 8.17. The van der Waals surface area contributed by atoms with Crippen molar-refractivity contribution in [2.75, 3.05) is 24.8 Å². The second kappa shape index (κ2) is 11.2. The van der Waals surface area contributed by atoms with E-state index in [1.54, 1.807) is 24.3 Å². The summed E-state index contributed by atoms with van der Waals surface area (Å²) in [7, 11) is 0. The third-order valence-corrected chi connectivity index (χ3v) is 3.34. The third kappa shape index (κ3) is 6.80. The number of ether oxygens (including phenoxy) is 1. The number of anilines is 1. The number of unbranched alkanes of at least 4 members (excludes halogenated alkanes) is 1. The number of amides is 2. The van der Waals surface area contributed by atoms with E-state index < -0.39 is 18.9 Å². The van der Waals surface area contributed by atoms with Gasteiger partial charge < -0.3 is 20.9 Å². The highest BCUT2D eigenvalue weighted by atomic mass is 16.5. The first-order valence-corrected chi connectivity index (χ1v) is 7.84. The number of nitrogens with one attached hydrogen (secondary N) is 1. The summed E-state index contributed by atoms with van der Waals surface area (Å²) in [6.45, 7) is 3.64. The smallest absolute Gasteiger partial charge is 0.407 e. The van der Waals surface area contributed by atoms with Crippen molar-refractivity contribution < 1.29 is 19.4 Å². The Labute approximate surface area is 142 Å². The number of rotatable bonds is 10. The van der Waals surface area contributed by atoms with Crippen molar-refractivity contribution in [3.8, 4) is 0 Å². The molecule has 0 radical (unpaired) electrons. The Morgan fingerprint density at radius 2 is 2.04 bits per heavy atom. The van der Waals surface area contributed by atoms with Crippen LogP contribution in [-0.4, -0.2) is 43.0 Å². The standard InChI is InChI=1S/C17H25N3O4/c1-2-12-24-17(23)19-11-7-6-10-15(18)16(22)20(13-21)14-8-4-3-5-9-14/h2-5,8-9,15,21H,1,6-7,10-13,18H2,(H,19,23). The molecule has 0 bridgehead atoms. The Balaban J connectivity index is 2.31. The number of aliphatic hydroxyl groups is 1. The van der Waals surface area contributed by atoms with Crippen LogP contribution in [0.5, 0.6) is 0 Å². The van der Waals surface area contributed by atoms with Crippen LogP contribution in [-0.2, 0) is 9.53 Å². The van der Waals surface area contributed by atoms with Crippen LogP contribution in [0.15, 0.2) is 43.0 Å². The van der Waals surface area contributed by atoms with Gasteiger partial charge in [-0.15, -0.1) is 0 Å². The molecule has 1 aromatic carbocycles. The van der Waals surface area contributed by atoms with Crippen LogP contribution >= 0.6 is 0 Å². The predicted octanol–water partition coefficient (Wildman–Crippen LogP) is 1.38. The van der Waals surface area contributed by atoms with Gasteiger partial charge in [0.2, 0.25) is 5.91 Å². The molecule has 0 heterocycles. The zero-order valence-corrected chi connectivity index (χ0v) is 13.7. The van der Waals surface area contributed by atoms with E-state index in [2.05, 4.69) is 11.9 Å². The second-order valence-corrected chi connectivity index (χ2v) is 5.16. The molecule has 2 amide bonds. The first-order chi connectivity index (χ1) is 11.6. The van der Waals surface area contributed by atoms with Gasteiger partial charge in [0.1, 0.15) is 13.3 Å². The Hall–Kier alpha value is -2.38. The van der Waals surface area contributed by atoms with Gasteiger partial charge in [-0.3, -0.25) is 9.69 Å². The van der Waals surface area contributed by atoms with Crippen LogP contribution in [0.25, 0.3) is 0 Å². The number of aliphatic hydroxyl groups excluding tert-OH is 1. The molecule has 1 unspecified atom stereocenters. The molecule has 132 valence electrons. The molecule has 0 aromatic heterocycles. The predicted molar refractivity (Wildman–Crippen MR) is 92.4 cm³/mol. The lowest BCUT2D eigenvalue weighted by atomic mass is 10.1. The number of alkyl carbamates (subject to hydrolysis) is 1. The van der Waals surface area contributed by atoms with Gasteiger partial charge in [-0.25, -0.2) is 4.79 Å². The summed E-state index contributed by atoms with van der Waals surface area (Å²) in [6.07, 6.45) is 2.80. The summed E-state index contributed by atoms with van der Waals surface area (Å²) in [4.78, 5) is 24.8. The van der Waals surface area contributed by atoms with Gasteiger partial charge in [-0.1, -0.05) is 30.9 Å². The quantitative estimate of drug-likeness (QED) is 0.340. The topological polar surface area (TPSA) is 105 Å². The molecule has 1 rings (SSSR count). The highest BCUT2D eigenvalue weighted by Crippen LogP contribution is 2.14. The van der Waals surface area contributed by atoms with E-state index >= 15 is 0 Å². The molecule has 4 N–H and O–H groups in total. The van der Waals surface area contributed by atoms with Crippen LogP contribution in [0, 0.1) is 0 Å². The minimum Gasteiger partial charge on any atom is -0.445 e. The number of carbonyl (C=O) groups excluding carboxylic acids is 2. The fourth-order valence-electron chi connectivity index (χ4n) is 2.08. The van der Waals surface area contributed by atoms with E-state index in [1.807, 2.05) is 6.07 Å². The lowest BCUT2D eigenvalue weighted by molar-refractivity contribution is -0.120. The van der Waals surface area contributed by atoms with Crippen LogP contribution < -0.4 is 16.0 Å². The van der Waals surface area contributed by atoms with Crippen LogP contribution in [0.4, 0.5) is 10.5 Å². The zero-order valence-electron chi connectivity index (χ0n) is 13.7. The average Bonchev–Trinajstić information content (AvgIpc) is 2.60. The van der Waals surface area contributed by atoms with Crippen LogP contribution in [0.2, 0.25) is 0 Å². The molecule has 0 saturated carbocycles. The van der Waals surface area contributed by atoms with Crippen molar-refractivity contribution in [1.29, 1.82) is 0 Å². The highest BCUT2D eigenvalue weighted by Gasteiger charge is 2.21. The number of carbonyl (C=O) groups is 2. The largest absolute Gasteiger partial charge is 0.445 e. The molecule has 0 spiro atoms. The molecule has 0 saturated heterocycles. The molecule has 0 fully saturated rings. The summed E-state index contributed by atoms with van der Waals surface area (Å²) < 4.78 is 4.77. The molecule has 0 aliphatic carbocycles. The van der Waals surface area contributed by atoms with E-state index in [4.69, 9.17) is 10.5 Å². The van der Waals surface area contributed by atoms with Crippen molar-refractivity contribution >= 4 is 17.7 Å². The fourth-order valence-corrected chi connectivity index (χ4v) is 2.08. The summed E-state index contributed by atoms with van der Waals surface area (Å²) in [5, 5.41) is 12.0. The van der Waals surface area contributed by atoms with E-state index in [0.29, 0.717) is 31.5 Å². The molecular weight excluding hydrogens is 310 g/mol. The van der Waals surface area contributed by atoms with Crippen molar-refractivity contribution in [1.82, 2.24) is 5.32 Å². The van der Waals surface area contributed by atoms with Crippen LogP contribution in [0.1, 0.15) is 19.3 Å². The molecular formula is C17H25N3O4. The van der Waals surface area contributed by atoms with Gasteiger partial charge in [-0.2, -0.15) is 0 Å². The second-order valence-electron chi connectivity index (χ2n) is 5.16. The lowest BCUT2D eigenvalue weighted by Crippen LogP contribution is -2.44. The number of hydrogen-bond acceptors (Lipinski definition) is 5. The van der Waals surface area contributed by atoms with E-state index in [0.717, 1.165) is 0 Å². The normalized spacial score (nSPS) is 11.4. The maximum atomic E-state index is 12.3. The SMILES string of the molecule is C=CCOC(=O)NCCCCC(N)C(=O)N(CO)c1ccccc1. The molecule has 1 aromatic rings. The molecule has 24 heavy (non-hydrogen) atoms. The number of nitrogens with zero attached hydrogens (tertiary/aromatic N) is 1. The van der Waals surface area contributed by atoms with Gasteiger partial charge in [0, 0.05) is 12.2 Å². The Morgan fingerprint density at radius 1 is 1.33 bits per heavy atom. The molecule has 0 aliphatic rings. The van der Waals surface area contributed by atoms with Gasteiger partial charge in [0.25, 0.3) is 0 Å². The highest BCUT2D eigenvalue weighted by molar-refractivity contribution is 5.96. The van der Waals surface area contributed by atoms with Crippen LogP contribution in [0.3, 0.4) is 0 Å². The van der Waals surface area contributed by atoms with E-state index in [9.17, 15) is 14.7 Å². The Kier molecular flexibility index (Phi) is 9.18. The summed E-state index contributed by atoms with van der Waals surface area (Å²) in [5.74, 6) is -0.331. The van der Waals surface area contributed by atoms with Gasteiger partial charge in [-0.05, 0) is 31.4 Å². The fraction of sp³-hybridized carbons (Fsp3) is 0.412. The van der Waals surface area contributed by atoms with Crippen molar-refractivity contribution in [2.45, 2.75) is 25.3 Å². The summed E-state index contributed by atoms with van der Waals surface area (Å²) in [5.41, 5.74) is 6.52. The van der Waals surface area contributed by atoms with E-state index in [1.165, 1.54) is 11.0 Å². The molecule has 7 heteroatoms.